The molecule has 5 heteroatoms. The zero-order valence-electron chi connectivity index (χ0n) is 9.04. The molecule has 0 aliphatic rings. The zero-order chi connectivity index (χ0) is 12.1. The van der Waals surface area contributed by atoms with Crippen LogP contribution in [0, 0.1) is 0 Å². The van der Waals surface area contributed by atoms with E-state index < -0.39 is 11.7 Å². The van der Waals surface area contributed by atoms with Gasteiger partial charge in [-0.1, -0.05) is 11.6 Å². The molecule has 4 nitrogen and oxygen atoms in total. The van der Waals surface area contributed by atoms with Crippen LogP contribution in [0.2, 0.25) is 5.02 Å². The fourth-order valence-electron chi connectivity index (χ4n) is 1.07. The molecular formula is C11H12ClNO3. The maximum absolute atomic E-state index is 11.1. The zero-order valence-corrected chi connectivity index (χ0v) is 9.80. The van der Waals surface area contributed by atoms with Gasteiger partial charge in [0.15, 0.2) is 0 Å². The van der Waals surface area contributed by atoms with Crippen LogP contribution in [0.4, 0.5) is 5.69 Å². The van der Waals surface area contributed by atoms with Crippen molar-refractivity contribution in [3.8, 4) is 5.75 Å². The molecule has 1 amide bonds. The largest absolute Gasteiger partial charge is 0.492 e. The van der Waals surface area contributed by atoms with Gasteiger partial charge in [-0.2, -0.15) is 0 Å². The van der Waals surface area contributed by atoms with E-state index in [9.17, 15) is 9.59 Å². The summed E-state index contributed by atoms with van der Waals surface area (Å²) in [5.74, 6) is -0.671. The molecule has 0 unspecified atom stereocenters. The van der Waals surface area contributed by atoms with Crippen molar-refractivity contribution in [3.05, 3.63) is 23.2 Å². The molecule has 0 saturated carbocycles. The minimum atomic E-state index is -0.666. The Morgan fingerprint density at radius 1 is 1.44 bits per heavy atom. The van der Waals surface area contributed by atoms with E-state index in [2.05, 4.69) is 5.32 Å². The predicted octanol–water partition coefficient (Wildman–Crippen LogP) is 2.27. The molecule has 86 valence electrons. The number of Topliss-reactive ketones (excluding diaryl/α,β-unsaturated/α-hetero) is 1. The molecule has 16 heavy (non-hydrogen) atoms. The van der Waals surface area contributed by atoms with Crippen LogP contribution in [0.15, 0.2) is 18.2 Å². The average Bonchev–Trinajstić information content (AvgIpc) is 2.22. The minimum Gasteiger partial charge on any atom is -0.492 e. The highest BCUT2D eigenvalue weighted by Gasteiger charge is 2.09. The first-order chi connectivity index (χ1) is 7.54. The number of hydrogen-bond acceptors (Lipinski definition) is 3. The fourth-order valence-corrected chi connectivity index (χ4v) is 1.31. The Bertz CT molecular complexity index is 418. The van der Waals surface area contributed by atoms with Crippen LogP contribution >= 0.6 is 11.6 Å². The number of hydrogen-bond donors (Lipinski definition) is 1. The highest BCUT2D eigenvalue weighted by Crippen LogP contribution is 2.27. The molecule has 0 heterocycles. The molecule has 0 aliphatic carbocycles. The molecule has 0 saturated heterocycles. The van der Waals surface area contributed by atoms with Crippen LogP contribution in [-0.4, -0.2) is 18.3 Å². The first-order valence-corrected chi connectivity index (χ1v) is 5.16. The molecule has 0 radical (unpaired) electrons. The van der Waals surface area contributed by atoms with E-state index in [-0.39, 0.29) is 0 Å². The lowest BCUT2D eigenvalue weighted by molar-refractivity contribution is -0.133. The van der Waals surface area contributed by atoms with Crippen LogP contribution in [-0.2, 0) is 9.59 Å². The first kappa shape index (κ1) is 12.5. The number of carbonyl (C=O) groups is 2. The van der Waals surface area contributed by atoms with Gasteiger partial charge in [-0.3, -0.25) is 9.59 Å². The van der Waals surface area contributed by atoms with Crippen LogP contribution in [0.25, 0.3) is 0 Å². The van der Waals surface area contributed by atoms with Crippen LogP contribution in [0.1, 0.15) is 13.8 Å². The number of ketones is 1. The Balaban J connectivity index is 2.81. The van der Waals surface area contributed by atoms with E-state index in [1.54, 1.807) is 12.1 Å². The number of carbonyl (C=O) groups excluding carboxylic acids is 2. The molecule has 1 aromatic carbocycles. The molecule has 1 rings (SSSR count). The van der Waals surface area contributed by atoms with E-state index >= 15 is 0 Å². The van der Waals surface area contributed by atoms with Gasteiger partial charge in [-0.05, 0) is 25.1 Å². The monoisotopic (exact) mass is 241 g/mol. The third kappa shape index (κ3) is 3.24. The predicted molar refractivity (Wildman–Crippen MR) is 61.9 cm³/mol. The standard InChI is InChI=1S/C11H12ClNO3/c1-3-16-10-5-4-8(6-9(10)12)13-11(15)7(2)14/h4-6H,3H2,1-2H3,(H,13,15). The number of amides is 1. The second-order valence-corrected chi connectivity index (χ2v) is 3.50. The Hall–Kier alpha value is -1.55. The van der Waals surface area contributed by atoms with E-state index in [1.807, 2.05) is 6.92 Å². The molecule has 0 aliphatic heterocycles. The van der Waals surface area contributed by atoms with Crippen molar-refractivity contribution in [3.63, 3.8) is 0 Å². The normalized spacial score (nSPS) is 9.69. The fraction of sp³-hybridized carbons (Fsp3) is 0.273. The highest BCUT2D eigenvalue weighted by atomic mass is 35.5. The summed E-state index contributed by atoms with van der Waals surface area (Å²) in [5.41, 5.74) is 0.466. The number of halogens is 1. The summed E-state index contributed by atoms with van der Waals surface area (Å²) in [6.07, 6.45) is 0. The SMILES string of the molecule is CCOc1ccc(NC(=O)C(C)=O)cc1Cl. The summed E-state index contributed by atoms with van der Waals surface area (Å²) in [5, 5.41) is 2.81. The van der Waals surface area contributed by atoms with Gasteiger partial charge in [-0.25, -0.2) is 0 Å². The Labute approximate surface area is 98.5 Å². The van der Waals surface area contributed by atoms with Gasteiger partial charge >= 0.3 is 0 Å². The summed E-state index contributed by atoms with van der Waals surface area (Å²) in [7, 11) is 0. The molecule has 0 bridgehead atoms. The Kier molecular flexibility index (Phi) is 4.31. The molecule has 0 spiro atoms. The number of ether oxygens (including phenoxy) is 1. The lowest BCUT2D eigenvalue weighted by atomic mass is 10.3. The molecule has 0 aromatic heterocycles. The molecule has 0 fully saturated rings. The van der Waals surface area contributed by atoms with Crippen molar-refractivity contribution in [2.75, 3.05) is 11.9 Å². The van der Waals surface area contributed by atoms with Crippen molar-refractivity contribution in [1.82, 2.24) is 0 Å². The minimum absolute atomic E-state index is 0.392. The summed E-state index contributed by atoms with van der Waals surface area (Å²) < 4.78 is 5.23. The molecular weight excluding hydrogens is 230 g/mol. The van der Waals surface area contributed by atoms with E-state index in [0.717, 1.165) is 0 Å². The van der Waals surface area contributed by atoms with E-state index in [1.165, 1.54) is 13.0 Å². The third-order valence-electron chi connectivity index (χ3n) is 1.81. The van der Waals surface area contributed by atoms with Crippen LogP contribution in [0.5, 0.6) is 5.75 Å². The highest BCUT2D eigenvalue weighted by molar-refractivity contribution is 6.40. The van der Waals surface area contributed by atoms with Gasteiger partial charge in [0.25, 0.3) is 5.91 Å². The number of rotatable bonds is 4. The summed E-state index contributed by atoms with van der Waals surface area (Å²) in [6.45, 7) is 3.56. The van der Waals surface area contributed by atoms with Gasteiger partial charge in [0.1, 0.15) is 5.75 Å². The van der Waals surface area contributed by atoms with Gasteiger partial charge in [0.2, 0.25) is 5.78 Å². The molecule has 1 aromatic rings. The summed E-state index contributed by atoms with van der Waals surface area (Å²) in [6, 6.07) is 4.80. The van der Waals surface area contributed by atoms with Gasteiger partial charge < -0.3 is 10.1 Å². The molecule has 1 N–H and O–H groups in total. The lowest BCUT2D eigenvalue weighted by Gasteiger charge is -2.08. The van der Waals surface area contributed by atoms with E-state index in [0.29, 0.717) is 23.1 Å². The van der Waals surface area contributed by atoms with Gasteiger partial charge in [0, 0.05) is 12.6 Å². The lowest BCUT2D eigenvalue weighted by Crippen LogP contribution is -2.19. The van der Waals surface area contributed by atoms with Crippen molar-refractivity contribution in [2.45, 2.75) is 13.8 Å². The van der Waals surface area contributed by atoms with E-state index in [4.69, 9.17) is 16.3 Å². The van der Waals surface area contributed by atoms with Crippen molar-refractivity contribution in [2.24, 2.45) is 0 Å². The van der Waals surface area contributed by atoms with Crippen molar-refractivity contribution < 1.29 is 14.3 Å². The average molecular weight is 242 g/mol. The number of nitrogens with one attached hydrogen (secondary N) is 1. The van der Waals surface area contributed by atoms with Crippen LogP contribution < -0.4 is 10.1 Å². The smallest absolute Gasteiger partial charge is 0.291 e. The first-order valence-electron chi connectivity index (χ1n) is 4.79. The molecule has 0 atom stereocenters. The van der Waals surface area contributed by atoms with Crippen LogP contribution in [0.3, 0.4) is 0 Å². The number of benzene rings is 1. The van der Waals surface area contributed by atoms with Crippen molar-refractivity contribution in [1.29, 1.82) is 0 Å². The van der Waals surface area contributed by atoms with Gasteiger partial charge in [0.05, 0.1) is 11.6 Å². The quantitative estimate of drug-likeness (QED) is 0.823. The summed E-state index contributed by atoms with van der Waals surface area (Å²) >= 11 is 5.91. The Morgan fingerprint density at radius 3 is 2.62 bits per heavy atom. The maximum Gasteiger partial charge on any atom is 0.291 e. The Morgan fingerprint density at radius 2 is 2.12 bits per heavy atom. The van der Waals surface area contributed by atoms with Crippen molar-refractivity contribution >= 4 is 29.0 Å². The topological polar surface area (TPSA) is 55.4 Å². The second kappa shape index (κ2) is 5.51. The number of anilines is 1. The second-order valence-electron chi connectivity index (χ2n) is 3.09. The maximum atomic E-state index is 11.1. The summed E-state index contributed by atoms with van der Waals surface area (Å²) in [4.78, 5) is 21.8. The van der Waals surface area contributed by atoms with Gasteiger partial charge in [-0.15, -0.1) is 0 Å². The third-order valence-corrected chi connectivity index (χ3v) is 2.10.